The first kappa shape index (κ1) is 20.6. The molecule has 0 unspecified atom stereocenters. The van der Waals surface area contributed by atoms with Gasteiger partial charge < -0.3 is 4.90 Å². The first-order valence-electron chi connectivity index (χ1n) is 10.2. The molecule has 4 rings (SSSR count). The molecule has 0 N–H and O–H groups in total. The van der Waals surface area contributed by atoms with Crippen LogP contribution in [-0.4, -0.2) is 29.9 Å². The van der Waals surface area contributed by atoms with Gasteiger partial charge in [-0.1, -0.05) is 48.0 Å². The fraction of sp³-hybridized carbons (Fsp3) is 0.240. The van der Waals surface area contributed by atoms with E-state index in [9.17, 15) is 9.18 Å². The minimum atomic E-state index is -0.305. The maximum Gasteiger partial charge on any atom is 0.258 e. The van der Waals surface area contributed by atoms with Crippen molar-refractivity contribution in [1.29, 1.82) is 0 Å². The van der Waals surface area contributed by atoms with Gasteiger partial charge >= 0.3 is 0 Å². The molecule has 1 aliphatic rings. The van der Waals surface area contributed by atoms with Gasteiger partial charge in [0.15, 0.2) is 0 Å². The molecule has 1 heterocycles. The topological polar surface area (TPSA) is 23.6 Å². The van der Waals surface area contributed by atoms with E-state index >= 15 is 0 Å². The van der Waals surface area contributed by atoms with Gasteiger partial charge in [-0.3, -0.25) is 9.69 Å². The van der Waals surface area contributed by atoms with Crippen LogP contribution in [0.5, 0.6) is 0 Å². The number of benzene rings is 3. The first-order chi connectivity index (χ1) is 14.6. The first-order valence-corrected chi connectivity index (χ1v) is 10.6. The number of halogens is 2. The molecule has 1 aliphatic heterocycles. The summed E-state index contributed by atoms with van der Waals surface area (Å²) < 4.78 is 13.5. The van der Waals surface area contributed by atoms with Crippen molar-refractivity contribution in [2.24, 2.45) is 0 Å². The maximum absolute atomic E-state index is 13.5. The fourth-order valence-corrected chi connectivity index (χ4v) is 4.21. The Morgan fingerprint density at radius 1 is 0.933 bits per heavy atom. The average molecular weight is 423 g/mol. The lowest BCUT2D eigenvalue weighted by Gasteiger charge is -2.38. The Balaban J connectivity index is 1.51. The van der Waals surface area contributed by atoms with Gasteiger partial charge in [0, 0.05) is 41.9 Å². The van der Waals surface area contributed by atoms with Crippen molar-refractivity contribution >= 4 is 23.2 Å². The Labute approximate surface area is 181 Å². The van der Waals surface area contributed by atoms with Crippen LogP contribution in [0.15, 0.2) is 78.9 Å². The van der Waals surface area contributed by atoms with Gasteiger partial charge in [-0.2, -0.15) is 0 Å². The van der Waals surface area contributed by atoms with Crippen LogP contribution in [0.25, 0.3) is 0 Å². The molecule has 0 aromatic heterocycles. The molecule has 0 saturated carbocycles. The Morgan fingerprint density at radius 3 is 2.23 bits per heavy atom. The van der Waals surface area contributed by atoms with Crippen LogP contribution in [-0.2, 0) is 6.54 Å². The van der Waals surface area contributed by atoms with Gasteiger partial charge in [-0.15, -0.1) is 0 Å². The number of likely N-dealkylation sites (tertiary alicyclic amines) is 1. The zero-order chi connectivity index (χ0) is 20.9. The second kappa shape index (κ2) is 9.41. The van der Waals surface area contributed by atoms with E-state index in [0.717, 1.165) is 48.7 Å². The second-order valence-electron chi connectivity index (χ2n) is 7.62. The molecule has 3 aromatic rings. The number of anilines is 1. The highest BCUT2D eigenvalue weighted by Gasteiger charge is 2.30. The molecule has 1 saturated heterocycles. The summed E-state index contributed by atoms with van der Waals surface area (Å²) in [5.74, 6) is -0.354. The van der Waals surface area contributed by atoms with Gasteiger partial charge in [0.05, 0.1) is 0 Å². The van der Waals surface area contributed by atoms with Gasteiger partial charge in [0.2, 0.25) is 0 Å². The van der Waals surface area contributed by atoms with E-state index in [2.05, 4.69) is 11.0 Å². The van der Waals surface area contributed by atoms with Crippen molar-refractivity contribution in [3.8, 4) is 0 Å². The third-order valence-corrected chi connectivity index (χ3v) is 5.99. The normalized spacial score (nSPS) is 15.1. The van der Waals surface area contributed by atoms with Crippen molar-refractivity contribution in [3.05, 3.63) is 101 Å². The maximum atomic E-state index is 13.5. The van der Waals surface area contributed by atoms with E-state index in [-0.39, 0.29) is 17.8 Å². The quantitative estimate of drug-likeness (QED) is 0.519. The van der Waals surface area contributed by atoms with Crippen LogP contribution in [0, 0.1) is 5.82 Å². The molecule has 0 bridgehead atoms. The summed E-state index contributed by atoms with van der Waals surface area (Å²) >= 11 is 6.31. The zero-order valence-electron chi connectivity index (χ0n) is 16.7. The van der Waals surface area contributed by atoms with Crippen LogP contribution in [0.3, 0.4) is 0 Å². The summed E-state index contributed by atoms with van der Waals surface area (Å²) in [4.78, 5) is 17.6. The number of carbonyl (C=O) groups is 1. The van der Waals surface area contributed by atoms with Crippen LogP contribution < -0.4 is 4.90 Å². The number of amides is 1. The number of carbonyl (C=O) groups excluding carboxylic acids is 1. The van der Waals surface area contributed by atoms with E-state index in [1.54, 1.807) is 12.1 Å². The molecule has 30 heavy (non-hydrogen) atoms. The smallest absolute Gasteiger partial charge is 0.258 e. The van der Waals surface area contributed by atoms with E-state index < -0.39 is 0 Å². The highest BCUT2D eigenvalue weighted by Crippen LogP contribution is 2.27. The summed E-state index contributed by atoms with van der Waals surface area (Å²) in [5, 5.41) is 0.784. The summed E-state index contributed by atoms with van der Waals surface area (Å²) in [7, 11) is 0. The largest absolute Gasteiger partial charge is 0.305 e. The number of rotatable bonds is 5. The second-order valence-corrected chi connectivity index (χ2v) is 8.02. The lowest BCUT2D eigenvalue weighted by atomic mass is 10.00. The summed E-state index contributed by atoms with van der Waals surface area (Å²) in [6.45, 7) is 2.54. The van der Waals surface area contributed by atoms with Gasteiger partial charge in [0.1, 0.15) is 5.82 Å². The highest BCUT2D eigenvalue weighted by atomic mass is 35.5. The zero-order valence-corrected chi connectivity index (χ0v) is 17.4. The molecular weight excluding hydrogens is 399 g/mol. The Morgan fingerprint density at radius 2 is 1.57 bits per heavy atom. The Kier molecular flexibility index (Phi) is 6.46. The number of hydrogen-bond acceptors (Lipinski definition) is 2. The minimum absolute atomic E-state index is 0.0493. The summed E-state index contributed by atoms with van der Waals surface area (Å²) in [6, 6.07) is 23.4. The number of nitrogens with zero attached hydrogens (tertiary/aromatic N) is 2. The summed E-state index contributed by atoms with van der Waals surface area (Å²) in [6.07, 6.45) is 1.70. The van der Waals surface area contributed by atoms with E-state index in [0.29, 0.717) is 5.56 Å². The molecule has 1 amide bonds. The molecule has 3 aromatic carbocycles. The van der Waals surface area contributed by atoms with Crippen molar-refractivity contribution in [2.75, 3.05) is 18.0 Å². The van der Waals surface area contributed by atoms with Crippen LogP contribution in [0.4, 0.5) is 10.1 Å². The lowest BCUT2D eigenvalue weighted by Crippen LogP contribution is -2.47. The molecule has 0 radical (unpaired) electrons. The number of hydrogen-bond donors (Lipinski definition) is 0. The lowest BCUT2D eigenvalue weighted by molar-refractivity contribution is 0.0958. The SMILES string of the molecule is O=C(c1ccccc1)N(c1ccc(F)cc1)C1CCN(Cc2ccccc2Cl)CC1. The predicted octanol–water partition coefficient (Wildman–Crippen LogP) is 5.79. The van der Waals surface area contributed by atoms with E-state index in [4.69, 9.17) is 11.6 Å². The third kappa shape index (κ3) is 4.72. The summed E-state index contributed by atoms with van der Waals surface area (Å²) in [5.41, 5.74) is 2.49. The third-order valence-electron chi connectivity index (χ3n) is 5.62. The van der Waals surface area contributed by atoms with Gasteiger partial charge in [-0.25, -0.2) is 4.39 Å². The predicted molar refractivity (Wildman–Crippen MR) is 119 cm³/mol. The molecule has 3 nitrogen and oxygen atoms in total. The average Bonchev–Trinajstić information content (AvgIpc) is 2.78. The molecular formula is C25H24ClFN2O. The fourth-order valence-electron chi connectivity index (χ4n) is 4.02. The van der Waals surface area contributed by atoms with Gasteiger partial charge in [-0.05, 0) is 60.9 Å². The van der Waals surface area contributed by atoms with Crippen LogP contribution in [0.2, 0.25) is 5.02 Å². The Hall–Kier alpha value is -2.69. The van der Waals surface area contributed by atoms with Crippen molar-refractivity contribution < 1.29 is 9.18 Å². The van der Waals surface area contributed by atoms with Crippen LogP contribution in [0.1, 0.15) is 28.8 Å². The van der Waals surface area contributed by atoms with E-state index in [1.165, 1.54) is 12.1 Å². The molecule has 1 fully saturated rings. The van der Waals surface area contributed by atoms with Crippen molar-refractivity contribution in [2.45, 2.75) is 25.4 Å². The molecule has 0 aliphatic carbocycles. The molecule has 0 atom stereocenters. The van der Waals surface area contributed by atoms with Crippen LogP contribution >= 0.6 is 11.6 Å². The minimum Gasteiger partial charge on any atom is -0.305 e. The van der Waals surface area contributed by atoms with E-state index in [1.807, 2.05) is 53.4 Å². The molecule has 0 spiro atoms. The monoisotopic (exact) mass is 422 g/mol. The molecule has 154 valence electrons. The highest BCUT2D eigenvalue weighted by molar-refractivity contribution is 6.31. The van der Waals surface area contributed by atoms with Gasteiger partial charge in [0.25, 0.3) is 5.91 Å². The van der Waals surface area contributed by atoms with Crippen molar-refractivity contribution in [1.82, 2.24) is 4.90 Å². The standard InChI is InChI=1S/C25H24ClFN2O/c26-24-9-5-4-8-20(24)18-28-16-14-23(15-17-28)29(22-12-10-21(27)11-13-22)25(30)19-6-2-1-3-7-19/h1-13,23H,14-18H2. The Bertz CT molecular complexity index is 986. The molecule has 5 heteroatoms. The van der Waals surface area contributed by atoms with Crippen molar-refractivity contribution in [3.63, 3.8) is 0 Å². The number of piperidine rings is 1.